The third-order valence-corrected chi connectivity index (χ3v) is 46.3. The van der Waals surface area contributed by atoms with Crippen LogP contribution in [0.25, 0.3) is 44.7 Å². The van der Waals surface area contributed by atoms with Gasteiger partial charge in [-0.1, -0.05) is 131 Å². The van der Waals surface area contributed by atoms with Gasteiger partial charge in [0.2, 0.25) is 0 Å². The molecule has 0 aliphatic carbocycles. The maximum Gasteiger partial charge on any atom is 0.325 e. The van der Waals surface area contributed by atoms with Crippen LogP contribution in [-0.2, 0) is 79.9 Å². The van der Waals surface area contributed by atoms with Crippen LogP contribution >= 0.6 is 20.2 Å². The van der Waals surface area contributed by atoms with E-state index in [9.17, 15) is 24.4 Å². The highest BCUT2D eigenvalue weighted by Crippen LogP contribution is 2.53. The van der Waals surface area contributed by atoms with Gasteiger partial charge in [0.25, 0.3) is 18.3 Å². The lowest BCUT2D eigenvalue weighted by atomic mass is 10.1. The number of imidazole rings is 4. The molecule has 4 fully saturated rings. The second-order valence-corrected chi connectivity index (χ2v) is 61.6. The fraction of sp³-hybridized carbons (Fsp3) is 0.562. The molecule has 15 rings (SSSR count). The van der Waals surface area contributed by atoms with Crippen LogP contribution in [0.2, 0.25) is 72.5 Å². The molecule has 4 saturated heterocycles. The fourth-order valence-corrected chi connectivity index (χ4v) is 21.1. The zero-order valence-electron chi connectivity index (χ0n) is 79.3. The summed E-state index contributed by atoms with van der Waals surface area (Å²) in [5.41, 5.74) is 4.16. The van der Waals surface area contributed by atoms with E-state index in [1.54, 1.807) is 60.7 Å². The Morgan fingerprint density at radius 1 is 0.563 bits per heavy atom. The molecule has 2 amide bonds. The number of carbonyl (C=O) groups is 3. The van der Waals surface area contributed by atoms with E-state index in [2.05, 4.69) is 172 Å². The highest BCUT2D eigenvalue weighted by Gasteiger charge is 2.57. The Kier molecular flexibility index (Phi) is 32.5. The van der Waals surface area contributed by atoms with Crippen molar-refractivity contribution in [3.63, 3.8) is 0 Å². The highest BCUT2D eigenvalue weighted by molar-refractivity contribution is 8.07. The van der Waals surface area contributed by atoms with Crippen LogP contribution in [0.15, 0.2) is 111 Å². The summed E-state index contributed by atoms with van der Waals surface area (Å²) < 4.78 is 141. The van der Waals surface area contributed by atoms with Crippen molar-refractivity contribution in [3.8, 4) is 23.7 Å². The molecule has 46 heteroatoms. The molecule has 17 atom stereocenters. The first kappa shape index (κ1) is 105. The maximum atomic E-state index is 17.3. The molecule has 135 heavy (non-hydrogen) atoms. The number of aliphatic hydroxyl groups is 1. The Morgan fingerprint density at radius 3 is 1.61 bits per heavy atom. The van der Waals surface area contributed by atoms with Crippen molar-refractivity contribution >= 4 is 140 Å². The van der Waals surface area contributed by atoms with Gasteiger partial charge in [0.15, 0.2) is 134 Å². The largest absolute Gasteiger partial charge is 0.458 e. The Labute approximate surface area is 797 Å². The molecular weight excluding hydrogens is 1880 g/mol. The van der Waals surface area contributed by atoms with Crippen LogP contribution in [0.1, 0.15) is 153 Å². The van der Waals surface area contributed by atoms with Crippen LogP contribution in [-0.4, -0.2) is 258 Å². The summed E-state index contributed by atoms with van der Waals surface area (Å²) in [7, 11) is -9.81. The summed E-state index contributed by atoms with van der Waals surface area (Å²) in [5, 5.41) is 9.40. The van der Waals surface area contributed by atoms with Crippen LogP contribution < -0.4 is 9.80 Å². The number of aryl methyl sites for hydroxylation is 2. The third kappa shape index (κ3) is 22.1. The van der Waals surface area contributed by atoms with E-state index >= 15 is 17.6 Å². The minimum Gasteiger partial charge on any atom is -0.458 e. The first-order valence-electron chi connectivity index (χ1n) is 44.2. The van der Waals surface area contributed by atoms with E-state index in [4.69, 9.17) is 62.2 Å². The number of carbonyl (C=O) groups excluding carboxylic acids is 3. The van der Waals surface area contributed by atoms with E-state index < -0.39 is 163 Å². The minimum absolute atomic E-state index is 0. The average Bonchev–Trinajstić information content (AvgIpc) is 1.67. The maximum absolute atomic E-state index is 17.3. The second-order valence-electron chi connectivity index (χ2n) is 39.6. The van der Waals surface area contributed by atoms with Crippen molar-refractivity contribution in [2.45, 2.75) is 280 Å². The molecule has 0 saturated carbocycles. The van der Waals surface area contributed by atoms with Crippen LogP contribution in [0, 0.1) is 23.7 Å². The number of benzene rings is 2. The molecule has 5 aliphatic heterocycles. The Morgan fingerprint density at radius 2 is 1.03 bits per heavy atom. The normalized spacial score (nSPS) is 25.5. The fourth-order valence-electron chi connectivity index (χ4n) is 15.0. The summed E-state index contributed by atoms with van der Waals surface area (Å²) in [4.78, 5) is 108. The number of alkyl halides is 4. The van der Waals surface area contributed by atoms with Gasteiger partial charge in [0, 0.05) is 36.8 Å². The van der Waals surface area contributed by atoms with Gasteiger partial charge < -0.3 is 61.4 Å². The number of aliphatic hydroxyl groups excluding tert-OH is 1. The van der Waals surface area contributed by atoms with Crippen molar-refractivity contribution in [3.05, 3.63) is 134 Å². The molecule has 13 heterocycles. The Balaban J connectivity index is 0.000000239. The predicted octanol–water partition coefficient (Wildman–Crippen LogP) is 13.7. The number of nitrogens with zero attached hydrogens (tertiary/aromatic N) is 18. The van der Waals surface area contributed by atoms with E-state index in [0.29, 0.717) is 70.5 Å². The van der Waals surface area contributed by atoms with Gasteiger partial charge in [-0.25, -0.2) is 77.4 Å². The minimum atomic E-state index is -4.35. The molecule has 8 aromatic heterocycles. The molecule has 0 spiro atoms. The quantitative estimate of drug-likeness (QED) is 0.0222. The van der Waals surface area contributed by atoms with Crippen molar-refractivity contribution in [2.75, 3.05) is 49.3 Å². The third-order valence-electron chi connectivity index (χ3n) is 26.8. The summed E-state index contributed by atoms with van der Waals surface area (Å²) in [6.07, 6.45) is -8.96. The predicted molar refractivity (Wildman–Crippen MR) is 515 cm³/mol. The molecular formula is C89H121F4N18O17PS2Si4. The lowest BCUT2D eigenvalue weighted by Crippen LogP contribution is -2.49. The number of amides is 2. The zero-order chi connectivity index (χ0) is 96.0. The van der Waals surface area contributed by atoms with Gasteiger partial charge >= 0.3 is 6.72 Å². The molecule has 4 N–H and O–H groups in total. The first-order valence-corrected chi connectivity index (χ1v) is 58.4. The second kappa shape index (κ2) is 41.7. The highest BCUT2D eigenvalue weighted by atomic mass is 32.5. The Hall–Kier alpha value is -8.76. The molecule has 5 unspecified atom stereocenters. The molecule has 12 bridgehead atoms. The number of rotatable bonds is 21. The molecule has 730 valence electrons. The molecule has 10 aromatic rings. The lowest BCUT2D eigenvalue weighted by Gasteiger charge is -2.39. The lowest BCUT2D eigenvalue weighted by molar-refractivity contribution is -0.139. The van der Waals surface area contributed by atoms with Crippen LogP contribution in [0.5, 0.6) is 0 Å². The van der Waals surface area contributed by atoms with E-state index in [0.717, 1.165) is 0 Å². The topological polar surface area (TPSA) is 406 Å². The summed E-state index contributed by atoms with van der Waals surface area (Å²) in [5.74, 6) is 12.0. The summed E-state index contributed by atoms with van der Waals surface area (Å²) in [6.45, 7) is 35.8. The molecule has 35 nitrogen and oxygen atoms in total. The molecule has 2 aromatic carbocycles. The average molecular weight is 2000 g/mol. The van der Waals surface area contributed by atoms with E-state index in [1.165, 1.54) is 78.7 Å². The number of hydrogen-bond donors (Lipinski definition) is 2. The number of ether oxygens (including phenoxy) is 5. The van der Waals surface area contributed by atoms with Crippen LogP contribution in [0.3, 0.4) is 0 Å². The van der Waals surface area contributed by atoms with Gasteiger partial charge in [-0.05, 0) is 109 Å². The summed E-state index contributed by atoms with van der Waals surface area (Å²) in [6, 6.07) is 17.3. The number of hydrogen-bond acceptors (Lipinski definition) is 28. The van der Waals surface area contributed by atoms with Gasteiger partial charge in [-0.3, -0.25) is 47.0 Å². The van der Waals surface area contributed by atoms with E-state index in [-0.39, 0.29) is 106 Å². The van der Waals surface area contributed by atoms with Gasteiger partial charge in [0.05, 0.1) is 76.2 Å². The number of anilines is 2. The Bertz CT molecular complexity index is 6040. The smallest absolute Gasteiger partial charge is 0.325 e. The molecule has 5 aliphatic rings. The number of halogens is 4. The zero-order valence-corrected chi connectivity index (χ0v) is 86.0. The van der Waals surface area contributed by atoms with Crippen molar-refractivity contribution < 1.29 is 97.9 Å². The number of fused-ring (bicyclic) bond motifs is 8. The van der Waals surface area contributed by atoms with Gasteiger partial charge in [0.1, 0.15) is 79.1 Å². The first-order chi connectivity index (χ1) is 62.7. The van der Waals surface area contributed by atoms with Crippen molar-refractivity contribution in [1.82, 2.24) is 78.1 Å². The standard InChI is InChI=1S/C45H59F2N9O8Si2.C44H58F2N9O8PSSi2.H2O.H2S/c1-44(2,3)65(7,8)61-22-31-36(60-27-58)32(46)42(63-31)55-25-52-34-29(48-23-49-38(34)55)19-15-12-16-20-54(41(59)28-17-13-11-14-18-28)39-35-40(51-24-50-39)56(26-53-35)43-33(47)37(30(21-57)62-43)64-66(9,10)45(4,5)6;1-43(2,3)66(7,8)59-22-30-35-31(45)41(61-30)54-25-51-33-28(47-23-48-37(33)54)19-15-12-16-20-53(40(56)27-17-13-11-14-18-27)38-34-39(50-24-49-38)55(26-52-34)42-32(46)36(63-67(9,10)44(4,5)6)29(60-42)21-58-64(57,65)62-35;;/h11,13-14,17-18,23-27,30-33,36-37,42-43,57H,15,19-22H2,1-10H3;11,13-14,17-18,23-26,29-32,35-36,41-42H,15,19-22H2,1-10H3,(H,57,65);2*1H2/t30-,31-,32-,33-,36-,37-,42?,43?;29-,30-,31-,32-,35-,36-,41?,42?,64?;;/m11../s1. The van der Waals surface area contributed by atoms with Gasteiger partial charge in [-0.2, -0.15) is 13.5 Å². The van der Waals surface area contributed by atoms with Gasteiger partial charge in [-0.15, -0.1) is 11.8 Å². The van der Waals surface area contributed by atoms with Crippen LogP contribution in [0.4, 0.5) is 29.2 Å². The SMILES string of the molecule is CC(C)(C)[Si](C)(C)OC[C@H]1OC(n2cnc3c(CCC#CCN(C(=O)c4ccccc4)c4ncnc5c4ncn5C4O[C@H](CO)[C@@H](O[Si](C)(C)C(C)(C)C)[C@H]4F)ncnc32)[C@H](F)[C@@H]1OC=O.CC(C)(C)[Si](C)(C)OC[C@H]1OC2[C@H](F)[C@@H]1OP(O)(=S)OC[C@H]1OC([C@H](F)[C@@H]1O[Si](C)(C)C(C)(C)C)n1cnc3c(ncnc31)N(C(=O)c1ccccc1)CC#CCCc1ncnc3c1ncn32.O.S. The number of aromatic nitrogens is 16. The van der Waals surface area contributed by atoms with Crippen molar-refractivity contribution in [2.24, 2.45) is 0 Å². The summed E-state index contributed by atoms with van der Waals surface area (Å²) >= 11 is 5.59. The van der Waals surface area contributed by atoms with Crippen molar-refractivity contribution in [1.29, 1.82) is 0 Å². The monoisotopic (exact) mass is 2000 g/mol. The van der Waals surface area contributed by atoms with E-state index in [1.807, 2.05) is 47.0 Å². The molecule has 0 radical (unpaired) electrons.